The Bertz CT molecular complexity index is 661. The Labute approximate surface area is 164 Å². The molecular formula is C19H27ClFNO3S. The summed E-state index contributed by atoms with van der Waals surface area (Å²) in [5.41, 5.74) is -0.618. The molecule has 0 aliphatic rings. The number of nitrogens with one attached hydrogen (secondary N) is 1. The monoisotopic (exact) mass is 403 g/mol. The van der Waals surface area contributed by atoms with Gasteiger partial charge in [0.2, 0.25) is 5.91 Å². The summed E-state index contributed by atoms with van der Waals surface area (Å²) in [4.78, 5) is 24.9. The van der Waals surface area contributed by atoms with Crippen LogP contribution in [0, 0.1) is 11.2 Å². The third-order valence-corrected chi connectivity index (χ3v) is 5.57. The van der Waals surface area contributed by atoms with Gasteiger partial charge in [-0.1, -0.05) is 46.2 Å². The number of thioether (sulfide) groups is 1. The Morgan fingerprint density at radius 2 is 1.88 bits per heavy atom. The molecule has 1 N–H and O–H groups in total. The first kappa shape index (κ1) is 22.8. The third kappa shape index (κ3) is 6.47. The van der Waals surface area contributed by atoms with E-state index in [1.54, 1.807) is 20.8 Å². The predicted octanol–water partition coefficient (Wildman–Crippen LogP) is 5.68. The van der Waals surface area contributed by atoms with Crippen LogP contribution in [0.4, 0.5) is 10.1 Å². The van der Waals surface area contributed by atoms with E-state index in [9.17, 15) is 14.0 Å². The second-order valence-electron chi connectivity index (χ2n) is 7.14. The lowest BCUT2D eigenvalue weighted by Gasteiger charge is -2.20. The van der Waals surface area contributed by atoms with Gasteiger partial charge in [0.25, 0.3) is 0 Å². The summed E-state index contributed by atoms with van der Waals surface area (Å²) in [5, 5.41) is 2.31. The van der Waals surface area contributed by atoms with Crippen LogP contribution in [0.2, 0.25) is 5.02 Å². The highest BCUT2D eigenvalue weighted by atomic mass is 35.5. The van der Waals surface area contributed by atoms with Crippen molar-refractivity contribution in [3.8, 4) is 0 Å². The number of benzene rings is 1. The number of esters is 1. The second kappa shape index (κ2) is 9.60. The molecule has 0 spiro atoms. The molecule has 0 aliphatic carbocycles. The summed E-state index contributed by atoms with van der Waals surface area (Å²) < 4.78 is 19.6. The highest BCUT2D eigenvalue weighted by Gasteiger charge is 2.25. The molecule has 7 heteroatoms. The smallest absolute Gasteiger partial charge is 0.319 e. The summed E-state index contributed by atoms with van der Waals surface area (Å²) in [6.07, 6.45) is 1.10. The molecule has 0 saturated carbocycles. The van der Waals surface area contributed by atoms with Gasteiger partial charge < -0.3 is 10.1 Å². The van der Waals surface area contributed by atoms with Gasteiger partial charge in [0.15, 0.2) is 0 Å². The van der Waals surface area contributed by atoms with Crippen LogP contribution >= 0.6 is 23.4 Å². The molecular weight excluding hydrogens is 377 g/mol. The molecule has 0 radical (unpaired) electrons. The molecule has 2 atom stereocenters. The van der Waals surface area contributed by atoms with E-state index in [4.69, 9.17) is 16.3 Å². The third-order valence-electron chi connectivity index (χ3n) is 3.75. The van der Waals surface area contributed by atoms with Gasteiger partial charge in [0, 0.05) is 10.3 Å². The maximum absolute atomic E-state index is 14.2. The van der Waals surface area contributed by atoms with Crippen molar-refractivity contribution in [3.05, 3.63) is 23.0 Å². The first-order valence-electron chi connectivity index (χ1n) is 8.67. The Morgan fingerprint density at radius 1 is 1.27 bits per heavy atom. The molecule has 1 aromatic carbocycles. The van der Waals surface area contributed by atoms with Gasteiger partial charge >= 0.3 is 5.97 Å². The lowest BCUT2D eigenvalue weighted by atomic mass is 9.95. The van der Waals surface area contributed by atoms with Gasteiger partial charge in [-0.2, -0.15) is 0 Å². The summed E-state index contributed by atoms with van der Waals surface area (Å²) >= 11 is 7.35. The highest BCUT2D eigenvalue weighted by molar-refractivity contribution is 8.00. The van der Waals surface area contributed by atoms with E-state index < -0.39 is 16.5 Å². The van der Waals surface area contributed by atoms with Crippen molar-refractivity contribution in [2.75, 3.05) is 5.32 Å². The molecule has 4 nitrogen and oxygen atoms in total. The lowest BCUT2D eigenvalue weighted by Crippen LogP contribution is -2.28. The standard InChI is InChI=1S/C19H27ClFNO3S/c1-7-11(3)25-17(23)15(8-2)26-16-10-14(13(21)9-12(16)20)22-18(24)19(4,5)6/h9-11,15H,7-8H2,1-6H3,(H,22,24). The minimum Gasteiger partial charge on any atom is -0.462 e. The molecule has 1 aromatic rings. The first-order valence-corrected chi connectivity index (χ1v) is 9.92. The number of anilines is 1. The van der Waals surface area contributed by atoms with E-state index in [2.05, 4.69) is 5.32 Å². The number of halogens is 2. The Hall–Kier alpha value is -1.27. The number of hydrogen-bond donors (Lipinski definition) is 1. The zero-order valence-electron chi connectivity index (χ0n) is 16.1. The van der Waals surface area contributed by atoms with E-state index in [-0.39, 0.29) is 28.7 Å². The molecule has 0 fully saturated rings. The maximum Gasteiger partial charge on any atom is 0.319 e. The number of ether oxygens (including phenoxy) is 1. The van der Waals surface area contributed by atoms with Crippen LogP contribution in [-0.2, 0) is 14.3 Å². The van der Waals surface area contributed by atoms with Gasteiger partial charge in [-0.3, -0.25) is 9.59 Å². The van der Waals surface area contributed by atoms with Crippen LogP contribution in [0.15, 0.2) is 17.0 Å². The van der Waals surface area contributed by atoms with Gasteiger partial charge in [-0.15, -0.1) is 11.8 Å². The van der Waals surface area contributed by atoms with E-state index in [0.717, 1.165) is 12.5 Å². The first-order chi connectivity index (χ1) is 12.0. The Balaban J connectivity index is 3.03. The minimum absolute atomic E-state index is 0.0435. The molecule has 146 valence electrons. The van der Waals surface area contributed by atoms with Gasteiger partial charge in [-0.05, 0) is 31.9 Å². The number of carbonyl (C=O) groups is 2. The molecule has 1 amide bonds. The zero-order valence-corrected chi connectivity index (χ0v) is 17.7. The van der Waals surface area contributed by atoms with Gasteiger partial charge in [0.1, 0.15) is 11.1 Å². The van der Waals surface area contributed by atoms with Crippen LogP contribution < -0.4 is 5.32 Å². The Kier molecular flexibility index (Phi) is 8.41. The van der Waals surface area contributed by atoms with E-state index in [0.29, 0.717) is 11.3 Å². The van der Waals surface area contributed by atoms with Crippen LogP contribution in [0.5, 0.6) is 0 Å². The largest absolute Gasteiger partial charge is 0.462 e. The van der Waals surface area contributed by atoms with Crippen molar-refractivity contribution in [2.24, 2.45) is 5.41 Å². The van der Waals surface area contributed by atoms with Gasteiger partial charge in [0.05, 0.1) is 16.8 Å². The minimum atomic E-state index is -0.661. The summed E-state index contributed by atoms with van der Waals surface area (Å²) in [6, 6.07) is 2.61. The van der Waals surface area contributed by atoms with E-state index in [1.165, 1.54) is 17.8 Å². The Morgan fingerprint density at radius 3 is 2.38 bits per heavy atom. The predicted molar refractivity (Wildman–Crippen MR) is 105 cm³/mol. The topological polar surface area (TPSA) is 55.4 Å². The average molecular weight is 404 g/mol. The maximum atomic E-state index is 14.2. The van der Waals surface area contributed by atoms with E-state index in [1.807, 2.05) is 20.8 Å². The number of rotatable bonds is 7. The molecule has 0 bridgehead atoms. The molecule has 26 heavy (non-hydrogen) atoms. The molecule has 0 aliphatic heterocycles. The van der Waals surface area contributed by atoms with Crippen molar-refractivity contribution < 1.29 is 18.7 Å². The van der Waals surface area contributed by atoms with Crippen LogP contribution in [0.3, 0.4) is 0 Å². The van der Waals surface area contributed by atoms with Crippen molar-refractivity contribution in [3.63, 3.8) is 0 Å². The molecule has 2 unspecified atom stereocenters. The molecule has 1 rings (SSSR count). The average Bonchev–Trinajstić information content (AvgIpc) is 2.54. The number of carbonyl (C=O) groups excluding carboxylic acids is 2. The normalized spacial score (nSPS) is 13.8. The van der Waals surface area contributed by atoms with Crippen LogP contribution in [-0.4, -0.2) is 23.2 Å². The number of amides is 1. The lowest BCUT2D eigenvalue weighted by molar-refractivity contribution is -0.147. The fourth-order valence-electron chi connectivity index (χ4n) is 1.83. The van der Waals surface area contributed by atoms with Crippen molar-refractivity contribution in [2.45, 2.75) is 70.6 Å². The van der Waals surface area contributed by atoms with Crippen molar-refractivity contribution in [1.29, 1.82) is 0 Å². The quantitative estimate of drug-likeness (QED) is 0.470. The van der Waals surface area contributed by atoms with E-state index >= 15 is 0 Å². The van der Waals surface area contributed by atoms with Crippen molar-refractivity contribution in [1.82, 2.24) is 0 Å². The summed E-state index contributed by atoms with van der Waals surface area (Å²) in [7, 11) is 0. The highest BCUT2D eigenvalue weighted by Crippen LogP contribution is 2.36. The summed E-state index contributed by atoms with van der Waals surface area (Å²) in [5.74, 6) is -1.25. The van der Waals surface area contributed by atoms with Crippen LogP contribution in [0.1, 0.15) is 54.4 Å². The molecule has 0 aromatic heterocycles. The van der Waals surface area contributed by atoms with Gasteiger partial charge in [-0.25, -0.2) is 4.39 Å². The van der Waals surface area contributed by atoms with Crippen LogP contribution in [0.25, 0.3) is 0 Å². The molecule has 0 heterocycles. The molecule has 0 saturated heterocycles. The fraction of sp³-hybridized carbons (Fsp3) is 0.579. The van der Waals surface area contributed by atoms with Crippen molar-refractivity contribution >= 4 is 40.9 Å². The number of hydrogen-bond acceptors (Lipinski definition) is 4. The summed E-state index contributed by atoms with van der Waals surface area (Å²) in [6.45, 7) is 10.9. The second-order valence-corrected chi connectivity index (χ2v) is 8.79. The SMILES string of the molecule is CCC(C)OC(=O)C(CC)Sc1cc(NC(=O)C(C)(C)C)c(F)cc1Cl. The fourth-order valence-corrected chi connectivity index (χ4v) is 3.10. The zero-order chi connectivity index (χ0) is 20.1.